The van der Waals surface area contributed by atoms with E-state index in [1.54, 1.807) is 0 Å². The van der Waals surface area contributed by atoms with Gasteiger partial charge in [0.1, 0.15) is 0 Å². The molecule has 0 aliphatic rings. The van der Waals surface area contributed by atoms with Crippen molar-refractivity contribution in [1.29, 1.82) is 0 Å². The maximum Gasteiger partial charge on any atom is 2.00 e. The summed E-state index contributed by atoms with van der Waals surface area (Å²) in [6, 6.07) is 14.9. The van der Waals surface area contributed by atoms with Crippen LogP contribution < -0.4 is 11.0 Å². The van der Waals surface area contributed by atoms with Crippen LogP contribution in [0.2, 0.25) is 13.1 Å². The summed E-state index contributed by atoms with van der Waals surface area (Å²) in [7, 11) is -2.46. The van der Waals surface area contributed by atoms with Crippen LogP contribution in [0, 0.1) is 0 Å². The molecule has 0 bridgehead atoms. The summed E-state index contributed by atoms with van der Waals surface area (Å²) in [5, 5.41) is 8.19. The first kappa shape index (κ1) is 20.8. The van der Waals surface area contributed by atoms with E-state index in [-0.39, 0.29) is 21.1 Å². The molecule has 2 aromatic carbocycles. The van der Waals surface area contributed by atoms with E-state index in [4.69, 9.17) is 34.3 Å². The van der Waals surface area contributed by atoms with Gasteiger partial charge in [-0.3, -0.25) is 0 Å². The Kier molecular flexibility index (Phi) is 6.09. The summed E-state index contributed by atoms with van der Waals surface area (Å²) in [4.78, 5) is 10.5. The third-order valence-electron chi connectivity index (χ3n) is 4.18. The van der Waals surface area contributed by atoms with Gasteiger partial charge in [0.2, 0.25) is 11.0 Å². The number of hydrogen-bond acceptors (Lipinski definition) is 8. The zero-order valence-corrected chi connectivity index (χ0v) is 19.8. The molecule has 0 atom stereocenters. The van der Waals surface area contributed by atoms with Gasteiger partial charge in [-0.15, -0.1) is 0 Å². The standard InChI is InChI=1S/C18H16N4O2S2Si.Pt/c1-27(2,17-19-15(21-23-17)11-7-3-5-9-13(11)25)18-20-16(22-24-18)12-8-4-6-10-14(12)26;/h3-10,25-26H,1-2H3;/q;+2/p-2. The van der Waals surface area contributed by atoms with Crippen molar-refractivity contribution < 1.29 is 30.1 Å². The molecule has 4 aromatic rings. The molecular weight excluding hydrogens is 592 g/mol. The van der Waals surface area contributed by atoms with E-state index in [1.165, 1.54) is 0 Å². The van der Waals surface area contributed by atoms with Gasteiger partial charge in [-0.05, 0) is 0 Å². The Hall–Kier alpha value is -1.93. The molecule has 0 N–H and O–H groups in total. The van der Waals surface area contributed by atoms with Crippen LogP contribution in [0.4, 0.5) is 0 Å². The van der Waals surface area contributed by atoms with Gasteiger partial charge in [0.05, 0.1) is 0 Å². The molecule has 144 valence electrons. The normalized spacial score (nSPS) is 11.2. The monoisotopic (exact) mass is 605 g/mol. The zero-order valence-electron chi connectivity index (χ0n) is 14.9. The second-order valence-electron chi connectivity index (χ2n) is 6.46. The number of rotatable bonds is 4. The van der Waals surface area contributed by atoms with Gasteiger partial charge in [0.15, 0.2) is 11.6 Å². The molecule has 10 heteroatoms. The van der Waals surface area contributed by atoms with E-state index < -0.39 is 8.07 Å². The molecule has 0 unspecified atom stereocenters. The quantitative estimate of drug-likeness (QED) is 0.260. The van der Waals surface area contributed by atoms with E-state index in [2.05, 4.69) is 20.3 Å². The van der Waals surface area contributed by atoms with Crippen LogP contribution in [0.3, 0.4) is 0 Å². The average Bonchev–Trinajstić information content (AvgIpc) is 3.33. The van der Waals surface area contributed by atoms with E-state index in [0.717, 1.165) is 11.1 Å². The molecule has 2 aromatic heterocycles. The summed E-state index contributed by atoms with van der Waals surface area (Å²) in [6.45, 7) is 4.03. The number of aromatic nitrogens is 4. The van der Waals surface area contributed by atoms with E-state index in [9.17, 15) is 0 Å². The molecular formula is C18H14N4O2PtS2Si. The van der Waals surface area contributed by atoms with Gasteiger partial charge in [0, 0.05) is 11.1 Å². The molecule has 0 aliphatic heterocycles. The Labute approximate surface area is 188 Å². The van der Waals surface area contributed by atoms with E-state index in [0.29, 0.717) is 32.5 Å². The van der Waals surface area contributed by atoms with Crippen molar-refractivity contribution in [1.82, 2.24) is 20.3 Å². The molecule has 0 aliphatic carbocycles. The van der Waals surface area contributed by atoms with Crippen molar-refractivity contribution in [3.05, 3.63) is 48.5 Å². The maximum atomic E-state index is 5.54. The zero-order chi connectivity index (χ0) is 19.0. The largest absolute Gasteiger partial charge is 2.00 e. The number of hydrogen-bond donors (Lipinski definition) is 0. The topological polar surface area (TPSA) is 77.8 Å². The van der Waals surface area contributed by atoms with E-state index in [1.807, 2.05) is 61.6 Å². The Bertz CT molecular complexity index is 1030. The van der Waals surface area contributed by atoms with Gasteiger partial charge in [-0.2, -0.15) is 19.8 Å². The van der Waals surface area contributed by atoms with Crippen LogP contribution in [0.5, 0.6) is 0 Å². The molecule has 0 radical (unpaired) electrons. The van der Waals surface area contributed by atoms with E-state index >= 15 is 0 Å². The number of nitrogens with zero attached hydrogens (tertiary/aromatic N) is 4. The Morgan fingerprint density at radius 3 is 1.50 bits per heavy atom. The predicted molar refractivity (Wildman–Crippen MR) is 107 cm³/mol. The van der Waals surface area contributed by atoms with Gasteiger partial charge in [-0.1, -0.05) is 71.9 Å². The van der Waals surface area contributed by atoms with Gasteiger partial charge < -0.3 is 34.3 Å². The van der Waals surface area contributed by atoms with Gasteiger partial charge in [-0.25, -0.2) is 0 Å². The predicted octanol–water partition coefficient (Wildman–Crippen LogP) is 2.42. The number of benzene rings is 2. The second-order valence-corrected chi connectivity index (χ2v) is 11.4. The van der Waals surface area contributed by atoms with Crippen LogP contribution in [-0.4, -0.2) is 28.4 Å². The van der Waals surface area contributed by atoms with Gasteiger partial charge >= 0.3 is 21.1 Å². The van der Waals surface area contributed by atoms with Crippen molar-refractivity contribution in [2.24, 2.45) is 0 Å². The average molecular weight is 606 g/mol. The molecule has 0 spiro atoms. The first-order valence-corrected chi connectivity index (χ1v) is 12.0. The summed E-state index contributed by atoms with van der Waals surface area (Å²) in [5.41, 5.74) is 2.52. The summed E-state index contributed by atoms with van der Waals surface area (Å²) >= 11 is 10.7. The van der Waals surface area contributed by atoms with Crippen LogP contribution in [0.15, 0.2) is 67.4 Å². The fraction of sp³-hybridized carbons (Fsp3) is 0.111. The van der Waals surface area contributed by atoms with Crippen molar-refractivity contribution >= 4 is 44.4 Å². The molecule has 0 saturated carbocycles. The van der Waals surface area contributed by atoms with Crippen LogP contribution in [0.1, 0.15) is 0 Å². The fourth-order valence-electron chi connectivity index (χ4n) is 2.57. The SMILES string of the molecule is C[Si](C)(c1nc(-c2ccccc2[S-])no1)c1nc(-c2ccccc2[S-])no1.[Pt+2]. The molecule has 28 heavy (non-hydrogen) atoms. The van der Waals surface area contributed by atoms with Crippen LogP contribution in [-0.2, 0) is 46.3 Å². The minimum atomic E-state index is -2.46. The summed E-state index contributed by atoms with van der Waals surface area (Å²) < 4.78 is 11.1. The molecule has 0 fully saturated rings. The first-order valence-electron chi connectivity index (χ1n) is 8.18. The Balaban J connectivity index is 0.00000225. The second kappa shape index (κ2) is 8.20. The third-order valence-corrected chi connectivity index (χ3v) is 7.43. The van der Waals surface area contributed by atoms with Crippen LogP contribution >= 0.6 is 0 Å². The van der Waals surface area contributed by atoms with Crippen molar-refractivity contribution in [3.8, 4) is 22.8 Å². The minimum Gasteiger partial charge on any atom is -0.779 e. The molecule has 0 amide bonds. The summed E-state index contributed by atoms with van der Waals surface area (Å²) in [5.74, 6) is 0.929. The van der Waals surface area contributed by atoms with Gasteiger partial charge in [0.25, 0.3) is 8.07 Å². The van der Waals surface area contributed by atoms with Crippen molar-refractivity contribution in [3.63, 3.8) is 0 Å². The van der Waals surface area contributed by atoms with Crippen molar-refractivity contribution in [2.75, 3.05) is 0 Å². The first-order chi connectivity index (χ1) is 13.0. The smallest absolute Gasteiger partial charge is 0.779 e. The molecule has 4 rings (SSSR count). The minimum absolute atomic E-state index is 0. The van der Waals surface area contributed by atoms with Crippen LogP contribution in [0.25, 0.3) is 22.8 Å². The maximum absolute atomic E-state index is 5.54. The third kappa shape index (κ3) is 3.80. The Morgan fingerprint density at radius 1 is 0.714 bits per heavy atom. The molecule has 2 heterocycles. The Morgan fingerprint density at radius 2 is 1.11 bits per heavy atom. The summed E-state index contributed by atoms with van der Waals surface area (Å²) in [6.07, 6.45) is 0. The molecule has 0 saturated heterocycles. The van der Waals surface area contributed by atoms with Crippen molar-refractivity contribution in [2.45, 2.75) is 22.9 Å². The fourth-order valence-corrected chi connectivity index (χ4v) is 4.54. The molecule has 6 nitrogen and oxygen atoms in total.